The molecule has 0 aliphatic heterocycles. The smallest absolute Gasteiger partial charge is 0.373 e. The summed E-state index contributed by atoms with van der Waals surface area (Å²) in [6.07, 6.45) is 0. The highest BCUT2D eigenvalue weighted by Gasteiger charge is 2.13. The zero-order valence-electron chi connectivity index (χ0n) is 10.4. The molecular formula is C13H14N2O3S. The van der Waals surface area contributed by atoms with E-state index in [0.717, 1.165) is 5.39 Å². The maximum absolute atomic E-state index is 11.0. The van der Waals surface area contributed by atoms with Crippen LogP contribution in [0.5, 0.6) is 0 Å². The van der Waals surface area contributed by atoms with E-state index in [-0.39, 0.29) is 18.3 Å². The number of benzene rings is 1. The van der Waals surface area contributed by atoms with Gasteiger partial charge in [0.05, 0.1) is 5.52 Å². The lowest BCUT2D eigenvalue weighted by Crippen LogP contribution is -2.07. The van der Waals surface area contributed by atoms with Crippen LogP contribution >= 0.6 is 11.8 Å². The van der Waals surface area contributed by atoms with Gasteiger partial charge in [-0.2, -0.15) is 0 Å². The van der Waals surface area contributed by atoms with Gasteiger partial charge in [0.2, 0.25) is 5.82 Å². The molecule has 0 saturated carbocycles. The molecule has 6 heteroatoms. The van der Waals surface area contributed by atoms with E-state index in [0.29, 0.717) is 16.3 Å². The van der Waals surface area contributed by atoms with E-state index in [1.54, 1.807) is 6.07 Å². The highest BCUT2D eigenvalue weighted by atomic mass is 32.2. The van der Waals surface area contributed by atoms with Gasteiger partial charge in [-0.1, -0.05) is 25.1 Å². The predicted octanol–water partition coefficient (Wildman–Crippen LogP) is 2.05. The van der Waals surface area contributed by atoms with E-state index in [2.05, 4.69) is 9.97 Å². The van der Waals surface area contributed by atoms with Gasteiger partial charge in [-0.25, -0.2) is 14.8 Å². The highest BCUT2D eigenvalue weighted by Crippen LogP contribution is 2.26. The second-order valence-electron chi connectivity index (χ2n) is 4.27. The minimum Gasteiger partial charge on any atom is -0.475 e. The average molecular weight is 278 g/mol. The number of aromatic carboxylic acids is 1. The number of carboxylic acids is 1. The Labute approximate surface area is 114 Å². The molecule has 0 radical (unpaired) electrons. The number of aromatic nitrogens is 2. The lowest BCUT2D eigenvalue weighted by molar-refractivity contribution is 0.0683. The van der Waals surface area contributed by atoms with Gasteiger partial charge >= 0.3 is 5.97 Å². The maximum atomic E-state index is 11.0. The van der Waals surface area contributed by atoms with Gasteiger partial charge in [0, 0.05) is 17.7 Å². The number of hydrogen-bond donors (Lipinski definition) is 2. The molecule has 100 valence electrons. The van der Waals surface area contributed by atoms with Crippen molar-refractivity contribution in [1.29, 1.82) is 0 Å². The monoisotopic (exact) mass is 278 g/mol. The van der Waals surface area contributed by atoms with E-state index in [1.165, 1.54) is 11.8 Å². The van der Waals surface area contributed by atoms with Gasteiger partial charge in [-0.15, -0.1) is 11.8 Å². The van der Waals surface area contributed by atoms with Crippen molar-refractivity contribution in [2.45, 2.75) is 11.9 Å². The van der Waals surface area contributed by atoms with Gasteiger partial charge in [0.25, 0.3) is 0 Å². The molecule has 1 atom stereocenters. The first-order valence-corrected chi connectivity index (χ1v) is 6.84. The van der Waals surface area contributed by atoms with Gasteiger partial charge in [-0.05, 0) is 12.0 Å². The average Bonchev–Trinajstić information content (AvgIpc) is 2.43. The summed E-state index contributed by atoms with van der Waals surface area (Å²) < 4.78 is 0. The van der Waals surface area contributed by atoms with E-state index < -0.39 is 5.97 Å². The summed E-state index contributed by atoms with van der Waals surface area (Å²) in [5.41, 5.74) is 0.619. The van der Waals surface area contributed by atoms with E-state index in [9.17, 15) is 4.79 Å². The Kier molecular flexibility index (Phi) is 4.34. The van der Waals surface area contributed by atoms with Crippen molar-refractivity contribution in [3.63, 3.8) is 0 Å². The number of aliphatic hydroxyl groups is 1. The van der Waals surface area contributed by atoms with E-state index >= 15 is 0 Å². The molecule has 5 nitrogen and oxygen atoms in total. The van der Waals surface area contributed by atoms with Crippen molar-refractivity contribution < 1.29 is 15.0 Å². The van der Waals surface area contributed by atoms with Crippen LogP contribution in [-0.2, 0) is 0 Å². The molecule has 1 heterocycles. The van der Waals surface area contributed by atoms with Crippen molar-refractivity contribution in [3.8, 4) is 0 Å². The fourth-order valence-corrected chi connectivity index (χ4v) is 2.55. The predicted molar refractivity (Wildman–Crippen MR) is 73.5 cm³/mol. The van der Waals surface area contributed by atoms with Crippen molar-refractivity contribution >= 4 is 28.6 Å². The van der Waals surface area contributed by atoms with Crippen molar-refractivity contribution in [2.24, 2.45) is 5.92 Å². The third kappa shape index (κ3) is 3.21. The van der Waals surface area contributed by atoms with E-state index in [4.69, 9.17) is 10.2 Å². The lowest BCUT2D eigenvalue weighted by atomic mass is 10.2. The van der Waals surface area contributed by atoms with Gasteiger partial charge in [0.1, 0.15) is 5.03 Å². The zero-order chi connectivity index (χ0) is 13.8. The zero-order valence-corrected chi connectivity index (χ0v) is 11.2. The van der Waals surface area contributed by atoms with Crippen molar-refractivity contribution in [2.75, 3.05) is 12.4 Å². The molecule has 0 aliphatic carbocycles. The SMILES string of the molecule is CC(CO)CSc1nc(C(=O)O)nc2ccccc12. The molecule has 1 aromatic heterocycles. The first kappa shape index (κ1) is 13.8. The van der Waals surface area contributed by atoms with Gasteiger partial charge < -0.3 is 10.2 Å². The third-order valence-corrected chi connectivity index (χ3v) is 3.90. The Morgan fingerprint density at radius 2 is 2.11 bits per heavy atom. The topological polar surface area (TPSA) is 83.3 Å². The number of hydrogen-bond acceptors (Lipinski definition) is 5. The van der Waals surface area contributed by atoms with Crippen LogP contribution < -0.4 is 0 Å². The third-order valence-electron chi connectivity index (χ3n) is 2.58. The van der Waals surface area contributed by atoms with Crippen LogP contribution in [0.1, 0.15) is 17.5 Å². The molecule has 2 aromatic rings. The summed E-state index contributed by atoms with van der Waals surface area (Å²) in [7, 11) is 0. The molecular weight excluding hydrogens is 264 g/mol. The van der Waals surface area contributed by atoms with Gasteiger partial charge in [0.15, 0.2) is 0 Å². The van der Waals surface area contributed by atoms with Crippen LogP contribution in [0.3, 0.4) is 0 Å². The van der Waals surface area contributed by atoms with Gasteiger partial charge in [-0.3, -0.25) is 0 Å². The number of rotatable bonds is 5. The molecule has 0 amide bonds. The first-order chi connectivity index (χ1) is 9.11. The number of nitrogens with zero attached hydrogens (tertiary/aromatic N) is 2. The fourth-order valence-electron chi connectivity index (χ4n) is 1.53. The van der Waals surface area contributed by atoms with Crippen LogP contribution in [0.15, 0.2) is 29.3 Å². The molecule has 0 aliphatic rings. The summed E-state index contributed by atoms with van der Waals surface area (Å²) in [6, 6.07) is 7.31. The fraction of sp³-hybridized carbons (Fsp3) is 0.308. The van der Waals surface area contributed by atoms with Crippen LogP contribution in [0, 0.1) is 5.92 Å². The first-order valence-electron chi connectivity index (χ1n) is 5.85. The second kappa shape index (κ2) is 5.99. The summed E-state index contributed by atoms with van der Waals surface area (Å²) in [5.74, 6) is -0.524. The lowest BCUT2D eigenvalue weighted by Gasteiger charge is -2.09. The minimum atomic E-state index is -1.14. The number of para-hydroxylation sites is 1. The Morgan fingerprint density at radius 1 is 1.37 bits per heavy atom. The molecule has 0 bridgehead atoms. The van der Waals surface area contributed by atoms with Crippen LogP contribution in [0.4, 0.5) is 0 Å². The molecule has 0 spiro atoms. The minimum absolute atomic E-state index is 0.0990. The summed E-state index contributed by atoms with van der Waals surface area (Å²) in [5, 5.41) is 19.5. The molecule has 0 fully saturated rings. The Morgan fingerprint density at radius 3 is 2.79 bits per heavy atom. The number of thioether (sulfide) groups is 1. The molecule has 1 unspecified atom stereocenters. The molecule has 1 aromatic carbocycles. The molecule has 19 heavy (non-hydrogen) atoms. The molecule has 2 N–H and O–H groups in total. The van der Waals surface area contributed by atoms with Crippen molar-refractivity contribution in [3.05, 3.63) is 30.1 Å². The Hall–Kier alpha value is -1.66. The number of carbonyl (C=O) groups is 1. The quantitative estimate of drug-likeness (QED) is 0.643. The van der Waals surface area contributed by atoms with Crippen LogP contribution in [0.25, 0.3) is 10.9 Å². The number of carboxylic acid groups (broad SMARTS) is 1. The number of fused-ring (bicyclic) bond motifs is 1. The second-order valence-corrected chi connectivity index (χ2v) is 5.28. The van der Waals surface area contributed by atoms with Crippen molar-refractivity contribution in [1.82, 2.24) is 9.97 Å². The normalized spacial score (nSPS) is 12.5. The van der Waals surface area contributed by atoms with E-state index in [1.807, 2.05) is 25.1 Å². The summed E-state index contributed by atoms with van der Waals surface area (Å²) in [6.45, 7) is 2.02. The summed E-state index contributed by atoms with van der Waals surface area (Å²) in [4.78, 5) is 19.1. The standard InChI is InChI=1S/C13H14N2O3S/c1-8(6-16)7-19-12-9-4-2-3-5-10(9)14-11(15-12)13(17)18/h2-5,8,16H,6-7H2,1H3,(H,17,18). The highest BCUT2D eigenvalue weighted by molar-refractivity contribution is 7.99. The Balaban J connectivity index is 2.41. The Bertz CT molecular complexity index is 603. The molecule has 2 rings (SSSR count). The number of aliphatic hydroxyl groups excluding tert-OH is 1. The summed E-state index contributed by atoms with van der Waals surface area (Å²) >= 11 is 1.44. The maximum Gasteiger partial charge on any atom is 0.373 e. The van der Waals surface area contributed by atoms with Crippen LogP contribution in [-0.4, -0.2) is 38.5 Å². The molecule has 0 saturated heterocycles. The van der Waals surface area contributed by atoms with Crippen LogP contribution in [0.2, 0.25) is 0 Å². The largest absolute Gasteiger partial charge is 0.475 e.